The number of ether oxygens (including phenoxy) is 2. The Morgan fingerprint density at radius 3 is 2.39 bits per heavy atom. The first-order chi connectivity index (χ1) is 21.2. The van der Waals surface area contributed by atoms with Gasteiger partial charge in [0.1, 0.15) is 0 Å². The van der Waals surface area contributed by atoms with Crippen molar-refractivity contribution in [3.63, 3.8) is 0 Å². The van der Waals surface area contributed by atoms with Crippen LogP contribution >= 0.6 is 0 Å². The SMILES string of the molecule is CCOC(=O)CCN(C)Cc1ccc(NC(=O)C2=Cc3cc(-c4ccc(N5CCOCC5)cc4)ccc3S(=O)(=O)CC2)cc1. The van der Waals surface area contributed by atoms with Crippen LogP contribution in [0.25, 0.3) is 17.2 Å². The summed E-state index contributed by atoms with van der Waals surface area (Å²) in [5.41, 5.74) is 5.57. The lowest BCUT2D eigenvalue weighted by Crippen LogP contribution is -2.36. The molecule has 232 valence electrons. The molecule has 3 aromatic carbocycles. The Bertz CT molecular complexity index is 1610. The molecule has 2 aliphatic heterocycles. The van der Waals surface area contributed by atoms with Crippen LogP contribution in [0.2, 0.25) is 0 Å². The first-order valence-electron chi connectivity index (χ1n) is 15.0. The molecule has 2 aliphatic rings. The normalized spacial score (nSPS) is 16.1. The van der Waals surface area contributed by atoms with Crippen molar-refractivity contribution in [2.75, 3.05) is 62.5 Å². The van der Waals surface area contributed by atoms with Crippen LogP contribution in [0.3, 0.4) is 0 Å². The van der Waals surface area contributed by atoms with Gasteiger partial charge in [0.15, 0.2) is 9.84 Å². The summed E-state index contributed by atoms with van der Waals surface area (Å²) in [4.78, 5) is 29.5. The van der Waals surface area contributed by atoms with Gasteiger partial charge >= 0.3 is 5.97 Å². The molecule has 2 heterocycles. The van der Waals surface area contributed by atoms with E-state index in [1.165, 1.54) is 0 Å². The molecule has 0 saturated carbocycles. The fraction of sp³-hybridized carbons (Fsp3) is 0.353. The summed E-state index contributed by atoms with van der Waals surface area (Å²) >= 11 is 0. The fourth-order valence-electron chi connectivity index (χ4n) is 5.41. The van der Waals surface area contributed by atoms with Crippen LogP contribution in [-0.2, 0) is 35.4 Å². The van der Waals surface area contributed by atoms with Gasteiger partial charge in [0, 0.05) is 43.1 Å². The molecule has 0 aromatic heterocycles. The first kappa shape index (κ1) is 31.4. The summed E-state index contributed by atoms with van der Waals surface area (Å²) in [7, 11) is -1.62. The number of sulfone groups is 1. The van der Waals surface area contributed by atoms with Gasteiger partial charge in [0.2, 0.25) is 0 Å². The number of rotatable bonds is 10. The number of amides is 1. The third kappa shape index (κ3) is 7.93. The van der Waals surface area contributed by atoms with Crippen LogP contribution in [-0.4, -0.2) is 77.4 Å². The summed E-state index contributed by atoms with van der Waals surface area (Å²) in [6.45, 7) is 6.53. The zero-order valence-electron chi connectivity index (χ0n) is 25.3. The van der Waals surface area contributed by atoms with Gasteiger partial charge in [0.05, 0.1) is 36.9 Å². The van der Waals surface area contributed by atoms with Crippen LogP contribution in [0, 0.1) is 0 Å². The number of benzene rings is 3. The van der Waals surface area contributed by atoms with Gasteiger partial charge in [-0.2, -0.15) is 0 Å². The van der Waals surface area contributed by atoms with Gasteiger partial charge in [-0.15, -0.1) is 0 Å². The summed E-state index contributed by atoms with van der Waals surface area (Å²) in [5, 5.41) is 2.93. The molecule has 0 radical (unpaired) electrons. The lowest BCUT2D eigenvalue weighted by molar-refractivity contribution is -0.143. The summed E-state index contributed by atoms with van der Waals surface area (Å²) < 4.78 is 36.7. The monoisotopic (exact) mass is 617 g/mol. The van der Waals surface area contributed by atoms with E-state index >= 15 is 0 Å². The highest BCUT2D eigenvalue weighted by Crippen LogP contribution is 2.32. The number of fused-ring (bicyclic) bond motifs is 1. The average molecular weight is 618 g/mol. The minimum atomic E-state index is -3.55. The van der Waals surface area contributed by atoms with Gasteiger partial charge in [-0.25, -0.2) is 8.42 Å². The second-order valence-corrected chi connectivity index (χ2v) is 13.2. The number of carbonyl (C=O) groups is 2. The van der Waals surface area contributed by atoms with Crippen LogP contribution in [0.5, 0.6) is 0 Å². The Morgan fingerprint density at radius 1 is 0.977 bits per heavy atom. The highest BCUT2D eigenvalue weighted by molar-refractivity contribution is 7.91. The molecule has 0 unspecified atom stereocenters. The number of carbonyl (C=O) groups excluding carboxylic acids is 2. The third-order valence-electron chi connectivity index (χ3n) is 7.85. The number of anilines is 2. The fourth-order valence-corrected chi connectivity index (χ4v) is 6.88. The molecule has 5 rings (SSSR count). The highest BCUT2D eigenvalue weighted by atomic mass is 32.2. The van der Waals surface area contributed by atoms with Gasteiger partial charge in [0.25, 0.3) is 5.91 Å². The summed E-state index contributed by atoms with van der Waals surface area (Å²) in [6.07, 6.45) is 2.15. The number of nitrogens with zero attached hydrogens (tertiary/aromatic N) is 2. The Morgan fingerprint density at radius 2 is 1.68 bits per heavy atom. The largest absolute Gasteiger partial charge is 0.466 e. The van der Waals surface area contributed by atoms with Crippen molar-refractivity contribution in [1.29, 1.82) is 0 Å². The molecule has 1 amide bonds. The van der Waals surface area contributed by atoms with Crippen LogP contribution in [0.1, 0.15) is 30.9 Å². The van der Waals surface area contributed by atoms with Crippen molar-refractivity contribution < 1.29 is 27.5 Å². The molecule has 0 atom stereocenters. The smallest absolute Gasteiger partial charge is 0.307 e. The molecule has 0 aliphatic carbocycles. The van der Waals surface area contributed by atoms with Crippen molar-refractivity contribution in [2.45, 2.75) is 31.2 Å². The first-order valence-corrected chi connectivity index (χ1v) is 16.6. The maximum Gasteiger partial charge on any atom is 0.307 e. The predicted molar refractivity (Wildman–Crippen MR) is 172 cm³/mol. The Balaban J connectivity index is 1.27. The summed E-state index contributed by atoms with van der Waals surface area (Å²) in [5.74, 6) is -0.674. The minimum Gasteiger partial charge on any atom is -0.466 e. The second-order valence-electron chi connectivity index (χ2n) is 11.1. The Kier molecular flexibility index (Phi) is 10.1. The van der Waals surface area contributed by atoms with E-state index in [9.17, 15) is 18.0 Å². The average Bonchev–Trinajstić information content (AvgIpc) is 3.17. The van der Waals surface area contributed by atoms with E-state index in [0.717, 1.165) is 35.5 Å². The number of nitrogens with one attached hydrogen (secondary N) is 1. The van der Waals surface area contributed by atoms with Crippen LogP contribution in [0.15, 0.2) is 77.2 Å². The molecular formula is C34H39N3O6S. The highest BCUT2D eigenvalue weighted by Gasteiger charge is 2.25. The molecule has 1 N–H and O–H groups in total. The molecule has 0 bridgehead atoms. The molecule has 44 heavy (non-hydrogen) atoms. The van der Waals surface area contributed by atoms with E-state index in [1.54, 1.807) is 19.1 Å². The van der Waals surface area contributed by atoms with Crippen molar-refractivity contribution in [3.05, 3.63) is 83.4 Å². The third-order valence-corrected chi connectivity index (χ3v) is 9.63. The van der Waals surface area contributed by atoms with Crippen molar-refractivity contribution >= 4 is 39.2 Å². The number of esters is 1. The number of hydrogen-bond acceptors (Lipinski definition) is 8. The number of morpholine rings is 1. The van der Waals surface area contributed by atoms with Crippen molar-refractivity contribution in [1.82, 2.24) is 4.90 Å². The predicted octanol–water partition coefficient (Wildman–Crippen LogP) is 4.77. The zero-order valence-corrected chi connectivity index (χ0v) is 26.1. The topological polar surface area (TPSA) is 105 Å². The lowest BCUT2D eigenvalue weighted by Gasteiger charge is -2.28. The second kappa shape index (κ2) is 14.2. The molecular weight excluding hydrogens is 578 g/mol. The van der Waals surface area contributed by atoms with Crippen molar-refractivity contribution in [2.24, 2.45) is 0 Å². The molecule has 9 nitrogen and oxygen atoms in total. The van der Waals surface area contributed by atoms with E-state index in [1.807, 2.05) is 60.5 Å². The minimum absolute atomic E-state index is 0.121. The van der Waals surface area contributed by atoms with Gasteiger partial charge in [-0.1, -0.05) is 30.3 Å². The number of hydrogen-bond donors (Lipinski definition) is 1. The van der Waals surface area contributed by atoms with E-state index in [0.29, 0.717) is 56.2 Å². The van der Waals surface area contributed by atoms with Gasteiger partial charge in [-0.3, -0.25) is 9.59 Å². The van der Waals surface area contributed by atoms with Gasteiger partial charge < -0.3 is 24.6 Å². The molecule has 3 aromatic rings. The Hall–Kier alpha value is -3.99. The van der Waals surface area contributed by atoms with E-state index < -0.39 is 9.84 Å². The van der Waals surface area contributed by atoms with Crippen molar-refractivity contribution in [3.8, 4) is 11.1 Å². The Labute approximate surface area is 259 Å². The quantitative estimate of drug-likeness (QED) is 0.325. The standard InChI is InChI=1S/C34H39N3O6S/c1-3-43-33(38)14-16-36(2)24-25-4-9-30(10-5-25)35-34(39)28-15-21-44(40,41)32-13-8-27(22-29(32)23-28)26-6-11-31(12-7-26)37-17-19-42-20-18-37/h4-13,22-23H,3,14-21,24H2,1-2H3,(H,35,39). The van der Waals surface area contributed by atoms with Crippen LogP contribution < -0.4 is 10.2 Å². The molecule has 1 saturated heterocycles. The van der Waals surface area contributed by atoms with E-state index in [4.69, 9.17) is 9.47 Å². The molecule has 0 spiro atoms. The molecule has 1 fully saturated rings. The van der Waals surface area contributed by atoms with E-state index in [2.05, 4.69) is 22.3 Å². The van der Waals surface area contributed by atoms with Crippen LogP contribution in [0.4, 0.5) is 11.4 Å². The lowest BCUT2D eigenvalue weighted by atomic mass is 10.0. The maximum atomic E-state index is 13.3. The molecule has 10 heteroatoms. The zero-order chi connectivity index (χ0) is 31.1. The van der Waals surface area contributed by atoms with Gasteiger partial charge in [-0.05, 0) is 85.1 Å². The summed E-state index contributed by atoms with van der Waals surface area (Å²) in [6, 6.07) is 21.1. The van der Waals surface area contributed by atoms with E-state index in [-0.39, 0.29) is 28.9 Å². The maximum absolute atomic E-state index is 13.3.